The van der Waals surface area contributed by atoms with Crippen molar-refractivity contribution in [2.75, 3.05) is 64.3 Å². The summed E-state index contributed by atoms with van der Waals surface area (Å²) in [6.45, 7) is 8.46. The van der Waals surface area contributed by atoms with Crippen molar-refractivity contribution in [1.82, 2.24) is 48.6 Å². The molecule has 9 rings (SSSR count). The van der Waals surface area contributed by atoms with Gasteiger partial charge in [0.2, 0.25) is 17.7 Å². The van der Waals surface area contributed by atoms with Gasteiger partial charge in [-0.2, -0.15) is 13.2 Å². The number of alkyl halides is 3. The third-order valence-corrected chi connectivity index (χ3v) is 13.8. The molecule has 4 aliphatic rings. The summed E-state index contributed by atoms with van der Waals surface area (Å²) >= 11 is 0. The van der Waals surface area contributed by atoms with Gasteiger partial charge in [0.1, 0.15) is 18.2 Å². The lowest BCUT2D eigenvalue weighted by molar-refractivity contribution is -0.137. The fourth-order valence-electron chi connectivity index (χ4n) is 10.0. The highest BCUT2D eigenvalue weighted by Gasteiger charge is 2.40. The molecule has 2 aromatic carbocycles. The number of aromatic nitrogens is 5. The number of rotatable bonds is 12. The quantitative estimate of drug-likeness (QED) is 0.182. The first-order valence-electron chi connectivity index (χ1n) is 22.6. The summed E-state index contributed by atoms with van der Waals surface area (Å²) in [5.41, 5.74) is 2.32. The highest BCUT2D eigenvalue weighted by molar-refractivity contribution is 6.05. The second kappa shape index (κ2) is 18.1. The fourth-order valence-corrected chi connectivity index (χ4v) is 10.0. The highest BCUT2D eigenvalue weighted by Crippen LogP contribution is 2.35. The first-order chi connectivity index (χ1) is 31.6. The van der Waals surface area contributed by atoms with Gasteiger partial charge < -0.3 is 24.2 Å². The van der Waals surface area contributed by atoms with E-state index in [-0.39, 0.29) is 48.5 Å². The van der Waals surface area contributed by atoms with E-state index in [9.17, 15) is 37.1 Å². The van der Waals surface area contributed by atoms with Crippen molar-refractivity contribution in [2.24, 2.45) is 13.0 Å². The van der Waals surface area contributed by atoms with E-state index in [0.29, 0.717) is 61.2 Å². The molecule has 2 atom stereocenters. The first kappa shape index (κ1) is 44.8. The molecular formula is C47H54F3N11O5. The van der Waals surface area contributed by atoms with Gasteiger partial charge in [-0.15, -0.1) is 10.2 Å². The molecular weight excluding hydrogens is 856 g/mol. The molecule has 0 aliphatic carbocycles. The molecule has 7 heterocycles. The van der Waals surface area contributed by atoms with Gasteiger partial charge in [0.15, 0.2) is 0 Å². The van der Waals surface area contributed by atoms with Crippen LogP contribution in [0.4, 0.5) is 18.9 Å². The Morgan fingerprint density at radius 1 is 0.939 bits per heavy atom. The Kier molecular flexibility index (Phi) is 12.3. The summed E-state index contributed by atoms with van der Waals surface area (Å²) in [4.78, 5) is 74.4. The van der Waals surface area contributed by atoms with Crippen molar-refractivity contribution in [3.05, 3.63) is 111 Å². The number of imide groups is 1. The molecule has 0 saturated carbocycles. The van der Waals surface area contributed by atoms with E-state index in [4.69, 9.17) is 0 Å². The maximum atomic E-state index is 14.5. The van der Waals surface area contributed by atoms with Gasteiger partial charge in [0.05, 0.1) is 16.8 Å². The lowest BCUT2D eigenvalue weighted by atomic mass is 9.95. The maximum absolute atomic E-state index is 14.5. The van der Waals surface area contributed by atoms with Gasteiger partial charge in [-0.3, -0.25) is 38.4 Å². The smallest absolute Gasteiger partial charge is 0.369 e. The number of halogens is 3. The Morgan fingerprint density at radius 2 is 1.71 bits per heavy atom. The van der Waals surface area contributed by atoms with E-state index in [0.717, 1.165) is 72.8 Å². The second-order valence-corrected chi connectivity index (χ2v) is 18.3. The molecule has 19 heteroatoms. The zero-order chi connectivity index (χ0) is 46.4. The molecule has 0 radical (unpaired) electrons. The number of aryl methyl sites for hydroxylation is 1. The molecule has 5 aromatic rings. The van der Waals surface area contributed by atoms with Crippen LogP contribution in [0.25, 0.3) is 11.2 Å². The predicted octanol–water partition coefficient (Wildman–Crippen LogP) is 4.03. The molecule has 4 aliphatic heterocycles. The van der Waals surface area contributed by atoms with Crippen LogP contribution in [0, 0.1) is 5.92 Å². The van der Waals surface area contributed by atoms with Gasteiger partial charge >= 0.3 is 11.9 Å². The average molecular weight is 910 g/mol. The number of hydrogen-bond donors (Lipinski definition) is 1. The monoisotopic (exact) mass is 909 g/mol. The van der Waals surface area contributed by atoms with Gasteiger partial charge in [0.25, 0.3) is 5.91 Å². The Morgan fingerprint density at radius 3 is 2.42 bits per heavy atom. The van der Waals surface area contributed by atoms with E-state index < -0.39 is 29.4 Å². The lowest BCUT2D eigenvalue weighted by Crippen LogP contribution is -2.52. The SMILES string of the molecule is C[C@H](c1cccc(-n2cc3c(C(F)(F)F)cc(CN(C)CCC(=O)N4CCC(CN5CCN(c6ccc7c(c6)CN([C@H]6CCC(=O)NC6=O)C7=O)CC5)CC4)cn3c2=O)c1)c1nncn1C. The van der Waals surface area contributed by atoms with E-state index in [2.05, 4.69) is 31.4 Å². The summed E-state index contributed by atoms with van der Waals surface area (Å²) in [6.07, 6.45) is 2.13. The Bertz CT molecular complexity index is 2730. The Hall–Kier alpha value is -6.34. The number of likely N-dealkylation sites (tertiary alicyclic amines) is 1. The molecule has 66 heavy (non-hydrogen) atoms. The van der Waals surface area contributed by atoms with Crippen molar-refractivity contribution in [3.63, 3.8) is 0 Å². The summed E-state index contributed by atoms with van der Waals surface area (Å²) < 4.78 is 47.7. The van der Waals surface area contributed by atoms with Crippen LogP contribution in [0.3, 0.4) is 0 Å². The topological polar surface area (TPSA) is 154 Å². The number of piperidine rings is 2. The van der Waals surface area contributed by atoms with Crippen molar-refractivity contribution in [3.8, 4) is 5.69 Å². The zero-order valence-corrected chi connectivity index (χ0v) is 37.3. The molecule has 3 saturated heterocycles. The molecule has 0 bridgehead atoms. The minimum atomic E-state index is -4.71. The molecule has 0 spiro atoms. The molecule has 4 amide bonds. The third-order valence-electron chi connectivity index (χ3n) is 13.8. The van der Waals surface area contributed by atoms with Crippen LogP contribution in [0.1, 0.15) is 83.4 Å². The summed E-state index contributed by atoms with van der Waals surface area (Å²) in [6, 6.07) is 13.4. The van der Waals surface area contributed by atoms with Crippen LogP contribution in [0.15, 0.2) is 72.0 Å². The van der Waals surface area contributed by atoms with Crippen LogP contribution in [-0.4, -0.2) is 132 Å². The number of carbonyl (C=O) groups excluding carboxylic acids is 4. The number of fused-ring (bicyclic) bond motifs is 2. The minimum Gasteiger partial charge on any atom is -0.369 e. The summed E-state index contributed by atoms with van der Waals surface area (Å²) in [7, 11) is 3.59. The van der Waals surface area contributed by atoms with Crippen molar-refractivity contribution >= 4 is 34.8 Å². The van der Waals surface area contributed by atoms with Crippen LogP contribution in [0.5, 0.6) is 0 Å². The summed E-state index contributed by atoms with van der Waals surface area (Å²) in [5.74, 6) is 0.101. The van der Waals surface area contributed by atoms with E-state index in [1.165, 1.54) is 17.0 Å². The number of benzene rings is 2. The largest absolute Gasteiger partial charge is 0.418 e. The first-order valence-corrected chi connectivity index (χ1v) is 22.6. The van der Waals surface area contributed by atoms with Crippen molar-refractivity contribution in [1.29, 1.82) is 0 Å². The number of hydrogen-bond acceptors (Lipinski definition) is 10. The van der Waals surface area contributed by atoms with Gasteiger partial charge in [0, 0.05) is 115 Å². The molecule has 1 N–H and O–H groups in total. The van der Waals surface area contributed by atoms with Gasteiger partial charge in [-0.25, -0.2) is 4.79 Å². The molecule has 16 nitrogen and oxygen atoms in total. The van der Waals surface area contributed by atoms with Crippen LogP contribution >= 0.6 is 0 Å². The average Bonchev–Trinajstić information content (AvgIpc) is 3.99. The molecule has 3 aromatic heterocycles. The summed E-state index contributed by atoms with van der Waals surface area (Å²) in [5, 5.41) is 10.5. The fraction of sp³-hybridized carbons (Fsp3) is 0.468. The number of pyridine rings is 1. The molecule has 0 unspecified atom stereocenters. The lowest BCUT2D eigenvalue weighted by Gasteiger charge is -2.39. The normalized spacial score (nSPS) is 19.3. The van der Waals surface area contributed by atoms with Crippen molar-refractivity contribution < 1.29 is 32.3 Å². The minimum absolute atomic E-state index is 0.0145. The Labute approximate surface area is 379 Å². The number of nitrogens with one attached hydrogen (secondary N) is 1. The molecule has 3 fully saturated rings. The van der Waals surface area contributed by atoms with Gasteiger partial charge in [-0.05, 0) is 85.3 Å². The second-order valence-electron chi connectivity index (χ2n) is 18.3. The van der Waals surface area contributed by atoms with E-state index in [1.54, 1.807) is 41.0 Å². The van der Waals surface area contributed by atoms with E-state index >= 15 is 0 Å². The van der Waals surface area contributed by atoms with Crippen LogP contribution in [0.2, 0.25) is 0 Å². The number of amides is 4. The number of nitrogens with zero attached hydrogens (tertiary/aromatic N) is 10. The number of piperazine rings is 1. The van der Waals surface area contributed by atoms with Gasteiger partial charge in [-0.1, -0.05) is 19.1 Å². The number of anilines is 1. The number of imidazole rings is 1. The molecule has 348 valence electrons. The predicted molar refractivity (Wildman–Crippen MR) is 238 cm³/mol. The Balaban J connectivity index is 0.747. The third kappa shape index (κ3) is 9.10. The van der Waals surface area contributed by atoms with Crippen molar-refractivity contribution in [2.45, 2.75) is 70.3 Å². The maximum Gasteiger partial charge on any atom is 0.418 e. The highest BCUT2D eigenvalue weighted by atomic mass is 19.4. The standard InChI is InChI=1S/C47H54F3N11O5/c1-30(43-53-51-29-55(43)3)33-5-4-6-36(22-33)59-28-40-38(47(48,49)50)21-32(26-61(40)46(59)66)24-54(2)14-13-42(63)58-15-11-31(12-16-58)25-56-17-19-57(20-18-56)35-7-8-37-34(23-35)27-60(45(37)65)39-9-10-41(62)52-44(39)64/h4-8,21-23,26,28-31,39H,9-20,24-25,27H2,1-3H3,(H,52,62,64)/t30-,39+/m1/s1. The van der Waals surface area contributed by atoms with Crippen LogP contribution in [-0.2, 0) is 40.7 Å². The van der Waals surface area contributed by atoms with Crippen LogP contribution < -0.4 is 15.9 Å². The van der Waals surface area contributed by atoms with E-state index in [1.807, 2.05) is 42.0 Å². The zero-order valence-electron chi connectivity index (χ0n) is 37.3. The number of carbonyl (C=O) groups is 4.